The predicted octanol–water partition coefficient (Wildman–Crippen LogP) is -0.958. The van der Waals surface area contributed by atoms with E-state index in [-0.39, 0.29) is 25.7 Å². The normalized spacial score (nSPS) is 18.5. The maximum absolute atomic E-state index is 11.5. The summed E-state index contributed by atoms with van der Waals surface area (Å²) in [5, 5.41) is 8.12. The fraction of sp³-hybridized carbons (Fsp3) is 0.455. The fourth-order valence-corrected chi connectivity index (χ4v) is 1.72. The summed E-state index contributed by atoms with van der Waals surface area (Å²) in [4.78, 5) is 65.5. The summed E-state index contributed by atoms with van der Waals surface area (Å²) >= 11 is 0. The van der Waals surface area contributed by atoms with Crippen molar-refractivity contribution in [2.24, 2.45) is 0 Å². The second-order valence-electron chi connectivity index (χ2n) is 4.32. The summed E-state index contributed by atoms with van der Waals surface area (Å²) in [7, 11) is 0. The van der Waals surface area contributed by atoms with Crippen LogP contribution >= 0.6 is 0 Å². The van der Waals surface area contributed by atoms with E-state index in [1.807, 2.05) is 0 Å². The Kier molecular flexibility index (Phi) is 3.96. The van der Waals surface area contributed by atoms with Crippen molar-refractivity contribution in [1.82, 2.24) is 10.1 Å². The minimum absolute atomic E-state index is 0.0205. The highest BCUT2D eigenvalue weighted by Crippen LogP contribution is 2.14. The summed E-state index contributed by atoms with van der Waals surface area (Å²) in [6, 6.07) is 0. The molecule has 21 heavy (non-hydrogen) atoms. The number of rotatable bonds is 4. The first-order valence-corrected chi connectivity index (χ1v) is 6.06. The highest BCUT2D eigenvalue weighted by atomic mass is 16.7. The Morgan fingerprint density at radius 2 is 1.24 bits per heavy atom. The molecule has 1 N–H and O–H groups in total. The molecule has 2 aliphatic rings. The van der Waals surface area contributed by atoms with Gasteiger partial charge in [-0.25, -0.2) is 4.79 Å². The van der Waals surface area contributed by atoms with Crippen molar-refractivity contribution < 1.29 is 33.6 Å². The van der Waals surface area contributed by atoms with Crippen molar-refractivity contribution in [3.63, 3.8) is 0 Å². The quantitative estimate of drug-likeness (QED) is 0.401. The molecule has 0 spiro atoms. The van der Waals surface area contributed by atoms with Gasteiger partial charge in [0.05, 0.1) is 0 Å². The van der Waals surface area contributed by atoms with E-state index in [0.29, 0.717) is 10.1 Å². The number of amides is 4. The third kappa shape index (κ3) is 3.22. The van der Waals surface area contributed by atoms with Crippen LogP contribution in [0.2, 0.25) is 0 Å². The molecule has 0 atom stereocenters. The third-order valence-corrected chi connectivity index (χ3v) is 2.71. The van der Waals surface area contributed by atoms with Gasteiger partial charge < -0.3 is 9.68 Å². The van der Waals surface area contributed by atoms with Gasteiger partial charge in [-0.15, -0.1) is 10.1 Å². The molecule has 10 heteroatoms. The van der Waals surface area contributed by atoms with Gasteiger partial charge in [-0.05, 0) is 0 Å². The first kappa shape index (κ1) is 14.6. The molecule has 4 amide bonds. The minimum Gasteiger partial charge on any atom is -0.353 e. The molecule has 0 unspecified atom stereocenters. The smallest absolute Gasteiger partial charge is 0.342 e. The van der Waals surface area contributed by atoms with Gasteiger partial charge in [-0.2, -0.15) is 0 Å². The van der Waals surface area contributed by atoms with Crippen molar-refractivity contribution in [2.75, 3.05) is 0 Å². The summed E-state index contributed by atoms with van der Waals surface area (Å²) in [5.41, 5.74) is 0. The molecule has 2 heterocycles. The van der Waals surface area contributed by atoms with E-state index in [0.717, 1.165) is 0 Å². The molecule has 2 rings (SSSR count). The van der Waals surface area contributed by atoms with Crippen molar-refractivity contribution in [3.05, 3.63) is 0 Å². The second kappa shape index (κ2) is 5.69. The summed E-state index contributed by atoms with van der Waals surface area (Å²) < 4.78 is 0. The van der Waals surface area contributed by atoms with Crippen LogP contribution in [0.25, 0.3) is 0 Å². The average molecular weight is 297 g/mol. The monoisotopic (exact) mass is 297 g/mol. The Labute approximate surface area is 118 Å². The zero-order valence-corrected chi connectivity index (χ0v) is 10.8. The van der Waals surface area contributed by atoms with Crippen LogP contribution < -0.4 is 0 Å². The Morgan fingerprint density at radius 3 is 1.67 bits per heavy atom. The minimum atomic E-state index is -1.08. The van der Waals surface area contributed by atoms with E-state index in [1.54, 1.807) is 0 Å². The first-order valence-electron chi connectivity index (χ1n) is 6.06. The van der Waals surface area contributed by atoms with Crippen molar-refractivity contribution in [2.45, 2.75) is 32.1 Å². The van der Waals surface area contributed by atoms with Crippen molar-refractivity contribution in [3.8, 4) is 0 Å². The average Bonchev–Trinajstić information content (AvgIpc) is 2.88. The van der Waals surface area contributed by atoms with Gasteiger partial charge in [0.2, 0.25) is 5.90 Å². The molecule has 0 aromatic heterocycles. The van der Waals surface area contributed by atoms with Gasteiger partial charge in [-0.1, -0.05) is 0 Å². The zero-order chi connectivity index (χ0) is 15.6. The molecule has 2 fully saturated rings. The zero-order valence-electron chi connectivity index (χ0n) is 10.8. The Morgan fingerprint density at radius 1 is 0.857 bits per heavy atom. The lowest BCUT2D eigenvalue weighted by Gasteiger charge is -2.15. The highest BCUT2D eigenvalue weighted by molar-refractivity contribution is 6.04. The number of nitrogens with zero attached hydrogens (tertiary/aromatic N) is 2. The van der Waals surface area contributed by atoms with Crippen LogP contribution in [0.4, 0.5) is 0 Å². The summed E-state index contributed by atoms with van der Waals surface area (Å²) in [6.45, 7) is 0. The van der Waals surface area contributed by atoms with E-state index in [2.05, 4.69) is 9.68 Å². The van der Waals surface area contributed by atoms with Crippen LogP contribution in [0.3, 0.4) is 0 Å². The number of hydroxylamine groups is 4. The first-order chi connectivity index (χ1) is 9.88. The molecule has 0 bridgehead atoms. The molecule has 0 radical (unpaired) electrons. The number of carbonyl (C=O) groups excluding carboxylic acids is 5. The number of nitrogens with one attached hydrogen (secondary N) is 1. The van der Waals surface area contributed by atoms with Crippen molar-refractivity contribution in [1.29, 1.82) is 5.41 Å². The Hall–Kier alpha value is -2.78. The SMILES string of the molecule is N=C(CC(=O)ON1C(=O)CCC1=O)ON1C(=O)CCC1=O. The van der Waals surface area contributed by atoms with Gasteiger partial charge >= 0.3 is 5.97 Å². The van der Waals surface area contributed by atoms with Crippen LogP contribution in [0.1, 0.15) is 32.1 Å². The van der Waals surface area contributed by atoms with Gasteiger partial charge in [0.25, 0.3) is 23.6 Å². The lowest BCUT2D eigenvalue weighted by atomic mass is 10.4. The largest absolute Gasteiger partial charge is 0.353 e. The van der Waals surface area contributed by atoms with E-state index >= 15 is 0 Å². The summed E-state index contributed by atoms with van der Waals surface area (Å²) in [6.07, 6.45) is -0.859. The van der Waals surface area contributed by atoms with Crippen LogP contribution in [0, 0.1) is 5.41 Å². The standard InChI is InChI=1S/C11H11N3O7/c12-6(20-13-7(15)1-2-8(13)16)5-11(19)21-14-9(17)3-4-10(14)18/h12H,1-5H2. The number of imide groups is 2. The highest BCUT2D eigenvalue weighted by Gasteiger charge is 2.35. The third-order valence-electron chi connectivity index (χ3n) is 2.71. The lowest BCUT2D eigenvalue weighted by Crippen LogP contribution is -2.35. The van der Waals surface area contributed by atoms with Crippen LogP contribution in [-0.4, -0.2) is 45.6 Å². The molecule has 10 nitrogen and oxygen atoms in total. The maximum atomic E-state index is 11.5. The fourth-order valence-electron chi connectivity index (χ4n) is 1.72. The topological polar surface area (TPSA) is 134 Å². The summed E-state index contributed by atoms with van der Waals surface area (Å²) in [5.74, 6) is -4.30. The number of carbonyl (C=O) groups is 5. The van der Waals surface area contributed by atoms with E-state index < -0.39 is 41.9 Å². The molecule has 0 aliphatic carbocycles. The van der Waals surface area contributed by atoms with E-state index in [9.17, 15) is 24.0 Å². The van der Waals surface area contributed by atoms with Crippen LogP contribution in [-0.2, 0) is 33.6 Å². The van der Waals surface area contributed by atoms with Gasteiger partial charge in [0.1, 0.15) is 6.42 Å². The molecule has 0 aromatic carbocycles. The van der Waals surface area contributed by atoms with Gasteiger partial charge in [0.15, 0.2) is 0 Å². The maximum Gasteiger partial charge on any atom is 0.342 e. The molecule has 2 aliphatic heterocycles. The Balaban J connectivity index is 1.84. The van der Waals surface area contributed by atoms with Crippen molar-refractivity contribution >= 4 is 35.5 Å². The number of hydrogen-bond acceptors (Lipinski definition) is 8. The van der Waals surface area contributed by atoms with Crippen LogP contribution in [0.15, 0.2) is 0 Å². The van der Waals surface area contributed by atoms with E-state index in [4.69, 9.17) is 5.41 Å². The molecule has 0 saturated carbocycles. The molecule has 112 valence electrons. The van der Waals surface area contributed by atoms with E-state index in [1.165, 1.54) is 0 Å². The Bertz CT molecular complexity index is 476. The molecule has 2 saturated heterocycles. The van der Waals surface area contributed by atoms with Gasteiger partial charge in [-0.3, -0.25) is 24.6 Å². The second-order valence-corrected chi connectivity index (χ2v) is 4.32. The molecule has 0 aromatic rings. The lowest BCUT2D eigenvalue weighted by molar-refractivity contribution is -0.197. The molecular weight excluding hydrogens is 286 g/mol. The van der Waals surface area contributed by atoms with Gasteiger partial charge in [0, 0.05) is 25.7 Å². The van der Waals surface area contributed by atoms with Crippen LogP contribution in [0.5, 0.6) is 0 Å². The molecular formula is C11H11N3O7. The predicted molar refractivity (Wildman–Crippen MR) is 61.7 cm³/mol. The number of hydrogen-bond donors (Lipinski definition) is 1.